The topological polar surface area (TPSA) is 52.0 Å². The van der Waals surface area contributed by atoms with Crippen LogP contribution < -0.4 is 10.1 Å². The summed E-state index contributed by atoms with van der Waals surface area (Å²) in [5.41, 5.74) is 0.784. The molecule has 2 aromatic heterocycles. The van der Waals surface area contributed by atoms with Crippen LogP contribution in [0.15, 0.2) is 42.6 Å². The van der Waals surface area contributed by atoms with Crippen molar-refractivity contribution in [2.45, 2.75) is 12.8 Å². The van der Waals surface area contributed by atoms with Crippen LogP contribution in [-0.2, 0) is 0 Å². The molecule has 0 aliphatic carbocycles. The maximum atomic E-state index is 13.7. The molecule has 0 radical (unpaired) electrons. The van der Waals surface area contributed by atoms with Gasteiger partial charge in [-0.3, -0.25) is 0 Å². The van der Waals surface area contributed by atoms with Gasteiger partial charge in [0, 0.05) is 18.7 Å². The summed E-state index contributed by atoms with van der Waals surface area (Å²) in [5.74, 6) is 1.30. The van der Waals surface area contributed by atoms with Crippen LogP contribution in [0, 0.1) is 11.7 Å². The number of fused-ring (bicyclic) bond motifs is 1. The molecule has 1 saturated heterocycles. The fourth-order valence-corrected chi connectivity index (χ4v) is 3.09. The van der Waals surface area contributed by atoms with Crippen molar-refractivity contribution >= 4 is 10.9 Å². The molecular weight excluding hydrogens is 307 g/mol. The van der Waals surface area contributed by atoms with E-state index in [9.17, 15) is 4.39 Å². The first kappa shape index (κ1) is 15.1. The van der Waals surface area contributed by atoms with Gasteiger partial charge in [-0.2, -0.15) is 0 Å². The number of pyridine rings is 1. The Balaban J connectivity index is 1.68. The molecule has 1 fully saturated rings. The minimum atomic E-state index is -0.299. The average Bonchev–Trinajstić information content (AvgIpc) is 2.99. The first-order valence-electron chi connectivity index (χ1n) is 8.24. The first-order chi connectivity index (χ1) is 11.8. The van der Waals surface area contributed by atoms with Crippen molar-refractivity contribution < 1.29 is 9.13 Å². The predicted octanol–water partition coefficient (Wildman–Crippen LogP) is 2.94. The highest BCUT2D eigenvalue weighted by atomic mass is 19.1. The lowest BCUT2D eigenvalue weighted by atomic mass is 10.0. The number of halogens is 1. The van der Waals surface area contributed by atoms with Gasteiger partial charge in [0.2, 0.25) is 5.88 Å². The van der Waals surface area contributed by atoms with Crippen LogP contribution >= 0.6 is 0 Å². The van der Waals surface area contributed by atoms with Crippen LogP contribution in [0.5, 0.6) is 5.88 Å². The van der Waals surface area contributed by atoms with Gasteiger partial charge in [0.15, 0.2) is 5.82 Å². The van der Waals surface area contributed by atoms with E-state index in [4.69, 9.17) is 4.74 Å². The maximum Gasteiger partial charge on any atom is 0.241 e. The van der Waals surface area contributed by atoms with E-state index in [-0.39, 0.29) is 5.82 Å². The van der Waals surface area contributed by atoms with Crippen molar-refractivity contribution in [3.8, 4) is 11.7 Å². The number of hydrogen-bond acceptors (Lipinski definition) is 4. The fraction of sp³-hybridized carbons (Fsp3) is 0.333. The van der Waals surface area contributed by atoms with Crippen LogP contribution in [0.4, 0.5) is 4.39 Å². The lowest BCUT2D eigenvalue weighted by molar-refractivity contribution is 0.213. The van der Waals surface area contributed by atoms with Gasteiger partial charge in [-0.25, -0.2) is 14.1 Å². The number of ether oxygens (including phenoxy) is 1. The first-order valence-corrected chi connectivity index (χ1v) is 8.24. The molecule has 1 N–H and O–H groups in total. The number of benzene rings is 1. The summed E-state index contributed by atoms with van der Waals surface area (Å²) in [6.45, 7) is 2.60. The summed E-state index contributed by atoms with van der Waals surface area (Å²) in [7, 11) is 0. The van der Waals surface area contributed by atoms with Crippen molar-refractivity contribution in [2.24, 2.45) is 5.92 Å². The largest absolute Gasteiger partial charge is 0.476 e. The van der Waals surface area contributed by atoms with E-state index in [2.05, 4.69) is 15.4 Å². The van der Waals surface area contributed by atoms with Crippen LogP contribution in [-0.4, -0.2) is 34.5 Å². The van der Waals surface area contributed by atoms with Crippen LogP contribution in [0.2, 0.25) is 0 Å². The monoisotopic (exact) mass is 326 g/mol. The second kappa shape index (κ2) is 6.57. The Morgan fingerprint density at radius 1 is 1.29 bits per heavy atom. The molecule has 124 valence electrons. The lowest BCUT2D eigenvalue weighted by Crippen LogP contribution is -2.33. The SMILES string of the molecule is Fc1ccc2c(c1)c(OCC1CCCNC1)nn2-c1ccccn1. The second-order valence-corrected chi connectivity index (χ2v) is 6.09. The van der Waals surface area contributed by atoms with E-state index >= 15 is 0 Å². The highest BCUT2D eigenvalue weighted by molar-refractivity contribution is 5.85. The summed E-state index contributed by atoms with van der Waals surface area (Å²) >= 11 is 0. The Hall–Kier alpha value is -2.47. The third-order valence-electron chi connectivity index (χ3n) is 4.33. The van der Waals surface area contributed by atoms with Gasteiger partial charge in [0.1, 0.15) is 5.82 Å². The lowest BCUT2D eigenvalue weighted by Gasteiger charge is -2.22. The van der Waals surface area contributed by atoms with Crippen LogP contribution in [0.1, 0.15) is 12.8 Å². The van der Waals surface area contributed by atoms with Gasteiger partial charge in [-0.15, -0.1) is 5.10 Å². The molecule has 4 rings (SSSR count). The van der Waals surface area contributed by atoms with Gasteiger partial charge in [0.05, 0.1) is 17.5 Å². The van der Waals surface area contributed by atoms with Crippen molar-refractivity contribution in [3.63, 3.8) is 0 Å². The molecule has 1 unspecified atom stereocenters. The standard InChI is InChI=1S/C18H19FN4O/c19-14-6-7-16-15(10-14)18(24-12-13-4-3-8-20-11-13)22-23(16)17-5-1-2-9-21-17/h1-2,5-7,9-10,13,20H,3-4,8,11-12H2. The second-order valence-electron chi connectivity index (χ2n) is 6.09. The molecule has 0 spiro atoms. The molecule has 1 aliphatic heterocycles. The number of nitrogens with zero attached hydrogens (tertiary/aromatic N) is 3. The molecular formula is C18H19FN4O. The zero-order valence-electron chi connectivity index (χ0n) is 13.3. The zero-order valence-corrected chi connectivity index (χ0v) is 13.3. The quantitative estimate of drug-likeness (QED) is 0.801. The molecule has 1 aliphatic rings. The molecule has 0 amide bonds. The normalized spacial score (nSPS) is 18.0. The van der Waals surface area contributed by atoms with Crippen molar-refractivity contribution in [2.75, 3.05) is 19.7 Å². The molecule has 1 aromatic carbocycles. The van der Waals surface area contributed by atoms with E-state index < -0.39 is 0 Å². The number of aromatic nitrogens is 3. The summed E-state index contributed by atoms with van der Waals surface area (Å²) in [5, 5.41) is 8.57. The molecule has 1 atom stereocenters. The van der Waals surface area contributed by atoms with Gasteiger partial charge < -0.3 is 10.1 Å². The summed E-state index contributed by atoms with van der Waals surface area (Å²) in [4.78, 5) is 4.33. The number of piperidine rings is 1. The van der Waals surface area contributed by atoms with Crippen LogP contribution in [0.3, 0.4) is 0 Å². The number of hydrogen-bond donors (Lipinski definition) is 1. The van der Waals surface area contributed by atoms with Gasteiger partial charge in [-0.05, 0) is 49.7 Å². The van der Waals surface area contributed by atoms with Gasteiger partial charge in [-0.1, -0.05) is 6.07 Å². The Bertz CT molecular complexity index is 828. The Kier molecular flexibility index (Phi) is 4.13. The summed E-state index contributed by atoms with van der Waals surface area (Å²) in [6.07, 6.45) is 4.01. The van der Waals surface area contributed by atoms with Crippen LogP contribution in [0.25, 0.3) is 16.7 Å². The highest BCUT2D eigenvalue weighted by Gasteiger charge is 2.18. The van der Waals surface area contributed by atoms with Crippen molar-refractivity contribution in [1.29, 1.82) is 0 Å². The van der Waals surface area contributed by atoms with E-state index in [0.29, 0.717) is 29.6 Å². The molecule has 3 aromatic rings. The van der Waals surface area contributed by atoms with Gasteiger partial charge in [0.25, 0.3) is 0 Å². The van der Waals surface area contributed by atoms with E-state index in [0.717, 1.165) is 31.4 Å². The Labute approximate surface area is 139 Å². The smallest absolute Gasteiger partial charge is 0.241 e. The number of rotatable bonds is 4. The highest BCUT2D eigenvalue weighted by Crippen LogP contribution is 2.28. The summed E-state index contributed by atoms with van der Waals surface area (Å²) < 4.78 is 21.4. The molecule has 24 heavy (non-hydrogen) atoms. The maximum absolute atomic E-state index is 13.7. The zero-order chi connectivity index (χ0) is 16.4. The third kappa shape index (κ3) is 2.97. The minimum Gasteiger partial charge on any atom is -0.476 e. The van der Waals surface area contributed by atoms with E-state index in [1.54, 1.807) is 16.9 Å². The van der Waals surface area contributed by atoms with Crippen molar-refractivity contribution in [3.05, 3.63) is 48.4 Å². The van der Waals surface area contributed by atoms with Gasteiger partial charge >= 0.3 is 0 Å². The van der Waals surface area contributed by atoms with Crippen molar-refractivity contribution in [1.82, 2.24) is 20.1 Å². The molecule has 0 saturated carbocycles. The third-order valence-corrected chi connectivity index (χ3v) is 4.33. The Morgan fingerprint density at radius 2 is 2.25 bits per heavy atom. The van der Waals surface area contributed by atoms with E-state index in [1.807, 2.05) is 18.2 Å². The minimum absolute atomic E-state index is 0.299. The number of nitrogens with one attached hydrogen (secondary N) is 1. The fourth-order valence-electron chi connectivity index (χ4n) is 3.09. The molecule has 0 bridgehead atoms. The Morgan fingerprint density at radius 3 is 3.04 bits per heavy atom. The molecule has 5 nitrogen and oxygen atoms in total. The summed E-state index contributed by atoms with van der Waals surface area (Å²) in [6, 6.07) is 10.2. The molecule has 3 heterocycles. The molecule has 6 heteroatoms. The predicted molar refractivity (Wildman–Crippen MR) is 89.9 cm³/mol. The average molecular weight is 326 g/mol. The van der Waals surface area contributed by atoms with E-state index in [1.165, 1.54) is 12.1 Å².